The summed E-state index contributed by atoms with van der Waals surface area (Å²) in [7, 11) is 5.27. The van der Waals surface area contributed by atoms with Crippen LogP contribution in [-0.2, 0) is 27.2 Å². The molecule has 0 radical (unpaired) electrons. The van der Waals surface area contributed by atoms with E-state index in [1.807, 2.05) is 18.2 Å². The zero-order valence-electron chi connectivity index (χ0n) is 14.1. The van der Waals surface area contributed by atoms with Crippen LogP contribution in [0.4, 0.5) is 0 Å². The first-order valence-corrected chi connectivity index (χ1v) is 7.58. The van der Waals surface area contributed by atoms with Crippen molar-refractivity contribution >= 4 is 23.4 Å². The van der Waals surface area contributed by atoms with Crippen LogP contribution in [0, 0.1) is 0 Å². The summed E-state index contributed by atoms with van der Waals surface area (Å²) in [6.45, 7) is 1.54. The molecule has 0 aliphatic heterocycles. The number of benzene rings is 2. The number of halogens is 1. The van der Waals surface area contributed by atoms with Crippen LogP contribution in [0.3, 0.4) is 0 Å². The lowest BCUT2D eigenvalue weighted by molar-refractivity contribution is 0.414. The lowest BCUT2D eigenvalue weighted by atomic mass is 10.1. The zero-order valence-corrected chi connectivity index (χ0v) is 14.9. The first-order valence-electron chi connectivity index (χ1n) is 7.58. The summed E-state index contributed by atoms with van der Waals surface area (Å²) >= 11 is 0. The van der Waals surface area contributed by atoms with Gasteiger partial charge in [0.05, 0.1) is 18.1 Å². The van der Waals surface area contributed by atoms with Crippen molar-refractivity contribution < 1.29 is 4.74 Å². The minimum atomic E-state index is 0. The summed E-state index contributed by atoms with van der Waals surface area (Å²) in [6.07, 6.45) is 0. The van der Waals surface area contributed by atoms with Gasteiger partial charge < -0.3 is 10.1 Å². The minimum Gasteiger partial charge on any atom is -0.497 e. The average molecular weight is 348 g/mol. The predicted molar refractivity (Wildman–Crippen MR) is 98.9 cm³/mol. The molecule has 1 N–H and O–H groups in total. The van der Waals surface area contributed by atoms with Crippen LogP contribution >= 0.6 is 12.4 Å². The highest BCUT2D eigenvalue weighted by Crippen LogP contribution is 2.14. The molecule has 1 aromatic heterocycles. The number of hydrogen-bond acceptors (Lipinski definition) is 3. The second kappa shape index (κ2) is 7.55. The van der Waals surface area contributed by atoms with E-state index in [4.69, 9.17) is 4.74 Å². The van der Waals surface area contributed by atoms with E-state index >= 15 is 0 Å². The maximum absolute atomic E-state index is 12.0. The van der Waals surface area contributed by atoms with E-state index < -0.39 is 0 Å². The number of aromatic nitrogens is 2. The summed E-state index contributed by atoms with van der Waals surface area (Å²) in [4.78, 5) is 12.0. The molecule has 0 aliphatic rings. The van der Waals surface area contributed by atoms with Crippen LogP contribution in [0.25, 0.3) is 11.0 Å². The van der Waals surface area contributed by atoms with Gasteiger partial charge in [-0.05, 0) is 35.4 Å². The van der Waals surface area contributed by atoms with Crippen LogP contribution < -0.4 is 15.7 Å². The Labute approximate surface area is 147 Å². The second-order valence-electron chi connectivity index (χ2n) is 5.68. The number of fused-ring (bicyclic) bond motifs is 1. The molecule has 3 rings (SSSR count). The first-order chi connectivity index (χ1) is 11.1. The van der Waals surface area contributed by atoms with Gasteiger partial charge in [-0.15, -0.1) is 12.4 Å². The third-order valence-electron chi connectivity index (χ3n) is 4.15. The molecule has 0 atom stereocenters. The molecule has 0 fully saturated rings. The zero-order chi connectivity index (χ0) is 16.4. The molecule has 0 spiro atoms. The van der Waals surface area contributed by atoms with E-state index in [-0.39, 0.29) is 18.1 Å². The van der Waals surface area contributed by atoms with Gasteiger partial charge in [-0.3, -0.25) is 9.13 Å². The molecule has 0 unspecified atom stereocenters. The van der Waals surface area contributed by atoms with Crippen molar-refractivity contribution in [2.45, 2.75) is 13.1 Å². The quantitative estimate of drug-likeness (QED) is 0.771. The number of rotatable bonds is 5. The molecule has 24 heavy (non-hydrogen) atoms. The van der Waals surface area contributed by atoms with Crippen molar-refractivity contribution in [3.63, 3.8) is 0 Å². The van der Waals surface area contributed by atoms with Gasteiger partial charge in [-0.2, -0.15) is 0 Å². The predicted octanol–water partition coefficient (Wildman–Crippen LogP) is 2.60. The lowest BCUT2D eigenvalue weighted by Gasteiger charge is -2.07. The highest BCUT2D eigenvalue weighted by Gasteiger charge is 2.07. The molecule has 0 bridgehead atoms. The molecule has 0 amide bonds. The van der Waals surface area contributed by atoms with Crippen LogP contribution in [0.1, 0.15) is 11.1 Å². The molecule has 2 aromatic carbocycles. The monoisotopic (exact) mass is 347 g/mol. The van der Waals surface area contributed by atoms with Crippen molar-refractivity contribution in [2.75, 3.05) is 7.11 Å². The highest BCUT2D eigenvalue weighted by atomic mass is 35.5. The molecule has 0 saturated carbocycles. The van der Waals surface area contributed by atoms with Gasteiger partial charge in [0.1, 0.15) is 5.75 Å². The van der Waals surface area contributed by atoms with E-state index in [2.05, 4.69) is 29.6 Å². The van der Waals surface area contributed by atoms with Crippen molar-refractivity contribution in [3.05, 3.63) is 64.1 Å². The van der Waals surface area contributed by atoms with E-state index in [1.54, 1.807) is 30.3 Å². The Bertz CT molecular complexity index is 882. The SMILES string of the molecule is COc1ccc(CNCc2ccc3c(c2)n(C)c(=O)n3C)cc1.Cl. The van der Waals surface area contributed by atoms with Gasteiger partial charge in [-0.25, -0.2) is 4.79 Å². The van der Waals surface area contributed by atoms with E-state index in [0.29, 0.717) is 0 Å². The Morgan fingerprint density at radius 3 is 2.17 bits per heavy atom. The number of aryl methyl sites for hydroxylation is 2. The van der Waals surface area contributed by atoms with Crippen LogP contribution in [-0.4, -0.2) is 16.2 Å². The number of methoxy groups -OCH3 is 1. The number of hydrogen-bond donors (Lipinski definition) is 1. The number of imidazole rings is 1. The largest absolute Gasteiger partial charge is 0.497 e. The maximum Gasteiger partial charge on any atom is 0.328 e. The second-order valence-corrected chi connectivity index (χ2v) is 5.68. The molecule has 3 aromatic rings. The third-order valence-corrected chi connectivity index (χ3v) is 4.15. The van der Waals surface area contributed by atoms with Gasteiger partial charge in [0.2, 0.25) is 0 Å². The van der Waals surface area contributed by atoms with Crippen LogP contribution in [0.2, 0.25) is 0 Å². The Balaban J connectivity index is 0.00000208. The topological polar surface area (TPSA) is 48.2 Å². The standard InChI is InChI=1S/C18H21N3O2.ClH/c1-20-16-9-6-14(10-17(16)21(2)18(20)22)12-19-11-13-4-7-15(23-3)8-5-13;/h4-10,19H,11-12H2,1-3H3;1H. The van der Waals surface area contributed by atoms with Gasteiger partial charge in [0.15, 0.2) is 0 Å². The Morgan fingerprint density at radius 2 is 1.50 bits per heavy atom. The molecule has 1 heterocycles. The van der Waals surface area contributed by atoms with E-state index in [0.717, 1.165) is 35.4 Å². The minimum absolute atomic E-state index is 0. The van der Waals surface area contributed by atoms with Crippen molar-refractivity contribution in [2.24, 2.45) is 14.1 Å². The van der Waals surface area contributed by atoms with Gasteiger partial charge in [0, 0.05) is 27.2 Å². The summed E-state index contributed by atoms with van der Waals surface area (Å²) in [5.41, 5.74) is 4.28. The van der Waals surface area contributed by atoms with Crippen molar-refractivity contribution in [1.82, 2.24) is 14.5 Å². The fourth-order valence-electron chi connectivity index (χ4n) is 2.76. The molecule has 128 valence electrons. The van der Waals surface area contributed by atoms with Crippen LogP contribution in [0.15, 0.2) is 47.3 Å². The highest BCUT2D eigenvalue weighted by molar-refractivity contribution is 5.85. The smallest absolute Gasteiger partial charge is 0.328 e. The number of ether oxygens (including phenoxy) is 1. The average Bonchev–Trinajstić information content (AvgIpc) is 2.80. The van der Waals surface area contributed by atoms with Gasteiger partial charge in [0.25, 0.3) is 0 Å². The van der Waals surface area contributed by atoms with E-state index in [1.165, 1.54) is 5.56 Å². The Morgan fingerprint density at radius 1 is 0.917 bits per heavy atom. The number of nitrogens with one attached hydrogen (secondary N) is 1. The van der Waals surface area contributed by atoms with Crippen molar-refractivity contribution in [1.29, 1.82) is 0 Å². The molecule has 5 nitrogen and oxygen atoms in total. The fraction of sp³-hybridized carbons (Fsp3) is 0.278. The first kappa shape index (κ1) is 18.1. The summed E-state index contributed by atoms with van der Waals surface area (Å²) in [5.74, 6) is 0.865. The summed E-state index contributed by atoms with van der Waals surface area (Å²) < 4.78 is 8.51. The molecule has 6 heteroatoms. The third kappa shape index (κ3) is 3.47. The summed E-state index contributed by atoms with van der Waals surface area (Å²) in [6, 6.07) is 14.2. The molecular weight excluding hydrogens is 326 g/mol. The van der Waals surface area contributed by atoms with Gasteiger partial charge >= 0.3 is 5.69 Å². The molecule has 0 aliphatic carbocycles. The van der Waals surface area contributed by atoms with Crippen LogP contribution in [0.5, 0.6) is 5.75 Å². The molecular formula is C18H22ClN3O2. The lowest BCUT2D eigenvalue weighted by Crippen LogP contribution is -2.19. The Kier molecular flexibility index (Phi) is 5.70. The Hall–Kier alpha value is -2.24. The fourth-order valence-corrected chi connectivity index (χ4v) is 2.76. The normalized spacial score (nSPS) is 10.6. The van der Waals surface area contributed by atoms with Gasteiger partial charge in [-0.1, -0.05) is 18.2 Å². The number of nitrogens with zero attached hydrogens (tertiary/aromatic N) is 2. The van der Waals surface area contributed by atoms with E-state index in [9.17, 15) is 4.79 Å². The maximum atomic E-state index is 12.0. The molecule has 0 saturated heterocycles. The van der Waals surface area contributed by atoms with Crippen molar-refractivity contribution in [3.8, 4) is 5.75 Å². The summed E-state index contributed by atoms with van der Waals surface area (Å²) in [5, 5.41) is 3.43.